The Morgan fingerprint density at radius 2 is 2.15 bits per heavy atom. The van der Waals surface area contributed by atoms with E-state index in [1.807, 2.05) is 30.1 Å². The van der Waals surface area contributed by atoms with Crippen LogP contribution in [0.15, 0.2) is 47.2 Å². The van der Waals surface area contributed by atoms with Crippen molar-refractivity contribution >= 4 is 27.4 Å². The van der Waals surface area contributed by atoms with Crippen molar-refractivity contribution in [1.82, 2.24) is 14.6 Å². The molecule has 0 unspecified atom stereocenters. The molecule has 3 rings (SSSR count). The fraction of sp³-hybridized carbons (Fsp3) is 0.143. The quantitative estimate of drug-likeness (QED) is 0.737. The first-order valence-corrected chi connectivity index (χ1v) is 6.88. The smallest absolute Gasteiger partial charge is 0.154 e. The average Bonchev–Trinajstić information content (AvgIpc) is 2.80. The van der Waals surface area contributed by atoms with Crippen molar-refractivity contribution in [1.29, 1.82) is 0 Å². The van der Waals surface area contributed by atoms with Crippen molar-refractivity contribution in [2.75, 3.05) is 11.9 Å². The van der Waals surface area contributed by atoms with Gasteiger partial charge in [-0.3, -0.25) is 0 Å². The molecule has 2 heterocycles. The van der Waals surface area contributed by atoms with E-state index in [0.717, 1.165) is 21.6 Å². The number of nitrogens with zero attached hydrogens (tertiary/aromatic N) is 4. The second kappa shape index (κ2) is 5.20. The molecule has 0 saturated carbocycles. The van der Waals surface area contributed by atoms with Gasteiger partial charge in [0.2, 0.25) is 0 Å². The van der Waals surface area contributed by atoms with Gasteiger partial charge in [0, 0.05) is 13.6 Å². The van der Waals surface area contributed by atoms with Gasteiger partial charge in [0.05, 0.1) is 6.20 Å². The molecule has 6 heteroatoms. The number of aromatic nitrogens is 3. The van der Waals surface area contributed by atoms with Crippen LogP contribution in [0.3, 0.4) is 0 Å². The molecular weight excluding hydrogens is 323 g/mol. The first kappa shape index (κ1) is 13.1. The van der Waals surface area contributed by atoms with Crippen LogP contribution in [-0.4, -0.2) is 21.6 Å². The minimum atomic E-state index is -0.225. The minimum absolute atomic E-state index is 0.225. The summed E-state index contributed by atoms with van der Waals surface area (Å²) in [5.74, 6) is 0.567. The summed E-state index contributed by atoms with van der Waals surface area (Å²) in [5, 5.41) is 4.49. The van der Waals surface area contributed by atoms with Crippen LogP contribution in [0.1, 0.15) is 5.56 Å². The number of hydrogen-bond donors (Lipinski definition) is 0. The maximum atomic E-state index is 13.2. The number of fused-ring (bicyclic) bond motifs is 1. The second-order valence-corrected chi connectivity index (χ2v) is 5.34. The van der Waals surface area contributed by atoms with Crippen molar-refractivity contribution < 1.29 is 4.39 Å². The molecule has 3 aromatic rings. The average molecular weight is 335 g/mol. The molecule has 0 fully saturated rings. The third-order valence-corrected chi connectivity index (χ3v) is 3.55. The number of imidazole rings is 1. The zero-order chi connectivity index (χ0) is 14.1. The van der Waals surface area contributed by atoms with E-state index in [1.54, 1.807) is 16.8 Å². The van der Waals surface area contributed by atoms with E-state index in [4.69, 9.17) is 0 Å². The summed E-state index contributed by atoms with van der Waals surface area (Å²) in [6.45, 7) is 0.586. The highest BCUT2D eigenvalue weighted by molar-refractivity contribution is 9.10. The first-order chi connectivity index (χ1) is 9.63. The molecule has 0 radical (unpaired) electrons. The van der Waals surface area contributed by atoms with Crippen LogP contribution in [0.5, 0.6) is 0 Å². The van der Waals surface area contributed by atoms with E-state index in [1.165, 1.54) is 12.1 Å². The number of benzene rings is 1. The van der Waals surface area contributed by atoms with E-state index in [2.05, 4.69) is 26.0 Å². The number of halogens is 2. The van der Waals surface area contributed by atoms with Crippen LogP contribution >= 0.6 is 15.9 Å². The Kier molecular flexibility index (Phi) is 3.40. The minimum Gasteiger partial charge on any atom is -0.354 e. The molecule has 0 aliphatic rings. The van der Waals surface area contributed by atoms with Gasteiger partial charge in [0.15, 0.2) is 5.65 Å². The van der Waals surface area contributed by atoms with E-state index in [0.29, 0.717) is 6.54 Å². The second-order valence-electron chi connectivity index (χ2n) is 4.53. The first-order valence-electron chi connectivity index (χ1n) is 6.09. The number of rotatable bonds is 3. The Bertz CT molecular complexity index is 756. The lowest BCUT2D eigenvalue weighted by atomic mass is 10.2. The van der Waals surface area contributed by atoms with Gasteiger partial charge in [-0.15, -0.1) is 5.10 Å². The number of anilines is 1. The molecule has 1 aromatic carbocycles. The van der Waals surface area contributed by atoms with Crippen molar-refractivity contribution in [3.63, 3.8) is 0 Å². The van der Waals surface area contributed by atoms with Gasteiger partial charge >= 0.3 is 0 Å². The topological polar surface area (TPSA) is 33.4 Å². The Morgan fingerprint density at radius 3 is 2.95 bits per heavy atom. The van der Waals surface area contributed by atoms with Crippen LogP contribution in [0.25, 0.3) is 5.65 Å². The molecule has 0 bridgehead atoms. The molecule has 2 aromatic heterocycles. The molecule has 102 valence electrons. The molecule has 0 N–H and O–H groups in total. The van der Waals surface area contributed by atoms with E-state index < -0.39 is 0 Å². The van der Waals surface area contributed by atoms with E-state index >= 15 is 0 Å². The third-order valence-electron chi connectivity index (χ3n) is 3.01. The Hall–Kier alpha value is -1.95. The molecule has 4 nitrogen and oxygen atoms in total. The Labute approximate surface area is 124 Å². The van der Waals surface area contributed by atoms with Crippen molar-refractivity contribution in [2.24, 2.45) is 0 Å². The molecular formula is C14H12BrFN4. The monoisotopic (exact) mass is 334 g/mol. The van der Waals surface area contributed by atoms with E-state index in [9.17, 15) is 4.39 Å². The van der Waals surface area contributed by atoms with Crippen molar-refractivity contribution in [2.45, 2.75) is 6.54 Å². The highest BCUT2D eigenvalue weighted by atomic mass is 79.9. The molecule has 0 amide bonds. The van der Waals surface area contributed by atoms with Gasteiger partial charge in [-0.1, -0.05) is 12.1 Å². The highest BCUT2D eigenvalue weighted by Crippen LogP contribution is 2.17. The fourth-order valence-corrected chi connectivity index (χ4v) is 2.39. The Balaban J connectivity index is 1.88. The molecule has 20 heavy (non-hydrogen) atoms. The SMILES string of the molecule is CN(Cc1cccc(F)c1)c1ccc2ncc(Br)n2n1. The summed E-state index contributed by atoms with van der Waals surface area (Å²) in [7, 11) is 1.92. The standard InChI is InChI=1S/C14H12BrFN4/c1-19(9-10-3-2-4-11(16)7-10)14-6-5-13-17-8-12(15)20(13)18-14/h2-8H,9H2,1H3. The fourth-order valence-electron chi connectivity index (χ4n) is 2.03. The van der Waals surface area contributed by atoms with Crippen molar-refractivity contribution in [3.05, 3.63) is 58.6 Å². The highest BCUT2D eigenvalue weighted by Gasteiger charge is 2.08. The molecule has 0 atom stereocenters. The summed E-state index contributed by atoms with van der Waals surface area (Å²) in [6.07, 6.45) is 1.71. The van der Waals surface area contributed by atoms with Crippen LogP contribution < -0.4 is 4.90 Å². The number of hydrogen-bond acceptors (Lipinski definition) is 3. The molecule has 0 aliphatic carbocycles. The van der Waals surface area contributed by atoms with Crippen LogP contribution in [0.4, 0.5) is 10.2 Å². The summed E-state index contributed by atoms with van der Waals surface area (Å²) in [6, 6.07) is 10.4. The van der Waals surface area contributed by atoms with Gasteiger partial charge < -0.3 is 4.90 Å². The molecule has 0 spiro atoms. The van der Waals surface area contributed by atoms with Crippen LogP contribution in [0, 0.1) is 5.82 Å². The van der Waals surface area contributed by atoms with Crippen LogP contribution in [0.2, 0.25) is 0 Å². The molecule has 0 aliphatic heterocycles. The van der Waals surface area contributed by atoms with Gasteiger partial charge in [-0.25, -0.2) is 13.9 Å². The van der Waals surface area contributed by atoms with Gasteiger partial charge in [-0.2, -0.15) is 0 Å². The largest absolute Gasteiger partial charge is 0.354 e. The lowest BCUT2D eigenvalue weighted by Gasteiger charge is -2.18. The molecule has 0 saturated heterocycles. The van der Waals surface area contributed by atoms with E-state index in [-0.39, 0.29) is 5.82 Å². The summed E-state index contributed by atoms with van der Waals surface area (Å²) >= 11 is 3.40. The van der Waals surface area contributed by atoms with Gasteiger partial charge in [-0.05, 0) is 45.8 Å². The Morgan fingerprint density at radius 1 is 1.30 bits per heavy atom. The zero-order valence-corrected chi connectivity index (χ0v) is 12.4. The maximum absolute atomic E-state index is 13.2. The summed E-state index contributed by atoms with van der Waals surface area (Å²) < 4.78 is 15.7. The predicted octanol–water partition coefficient (Wildman–Crippen LogP) is 3.27. The normalized spacial score (nSPS) is 10.9. The third kappa shape index (κ3) is 2.51. The van der Waals surface area contributed by atoms with Gasteiger partial charge in [0.25, 0.3) is 0 Å². The van der Waals surface area contributed by atoms with Gasteiger partial charge in [0.1, 0.15) is 16.2 Å². The zero-order valence-electron chi connectivity index (χ0n) is 10.8. The van der Waals surface area contributed by atoms with Crippen molar-refractivity contribution in [3.8, 4) is 0 Å². The summed E-state index contributed by atoms with van der Waals surface area (Å²) in [5.41, 5.74) is 1.68. The lowest BCUT2D eigenvalue weighted by molar-refractivity contribution is 0.625. The lowest BCUT2D eigenvalue weighted by Crippen LogP contribution is -2.18. The summed E-state index contributed by atoms with van der Waals surface area (Å²) in [4.78, 5) is 6.16. The maximum Gasteiger partial charge on any atom is 0.154 e. The predicted molar refractivity (Wildman–Crippen MR) is 79.2 cm³/mol. The van der Waals surface area contributed by atoms with Crippen LogP contribution in [-0.2, 0) is 6.54 Å².